The molecule has 0 unspecified atom stereocenters. The van der Waals surface area contributed by atoms with E-state index in [0.29, 0.717) is 0 Å². The summed E-state index contributed by atoms with van der Waals surface area (Å²) in [5.41, 5.74) is 0. The quantitative estimate of drug-likeness (QED) is 0.389. The second kappa shape index (κ2) is 10.5. The molecule has 0 aliphatic heterocycles. The fourth-order valence-corrected chi connectivity index (χ4v) is 5.66. The summed E-state index contributed by atoms with van der Waals surface area (Å²) >= 11 is 0. The smallest absolute Gasteiger partial charge is 0.168 e. The molecule has 0 aromatic rings. The van der Waals surface area contributed by atoms with Gasteiger partial charge in [-0.15, -0.1) is 0 Å². The highest BCUT2D eigenvalue weighted by molar-refractivity contribution is 7.20. The zero-order chi connectivity index (χ0) is 12.3. The molecule has 0 saturated carbocycles. The van der Waals surface area contributed by atoms with Crippen LogP contribution in [0, 0.1) is 0 Å². The number of rotatable bonds is 11. The van der Waals surface area contributed by atoms with Gasteiger partial charge in [-0.1, -0.05) is 64.3 Å². The van der Waals surface area contributed by atoms with E-state index in [1.165, 1.54) is 57.4 Å². The fourth-order valence-electron chi connectivity index (χ4n) is 1.72. The van der Waals surface area contributed by atoms with E-state index in [9.17, 15) is 0 Å². The Morgan fingerprint density at radius 3 is 1.88 bits per heavy atom. The molecule has 0 aliphatic carbocycles. The van der Waals surface area contributed by atoms with Crippen molar-refractivity contribution < 1.29 is 4.43 Å². The summed E-state index contributed by atoms with van der Waals surface area (Å²) in [4.78, 5) is 0. The van der Waals surface area contributed by atoms with Crippen molar-refractivity contribution in [1.82, 2.24) is 0 Å². The average molecular weight is 259 g/mol. The van der Waals surface area contributed by atoms with Gasteiger partial charge in [0.25, 0.3) is 0 Å². The van der Waals surface area contributed by atoms with Gasteiger partial charge in [-0.2, -0.15) is 0 Å². The van der Waals surface area contributed by atoms with Crippen molar-refractivity contribution in [3.05, 3.63) is 0 Å². The molecule has 0 aromatic heterocycles. The molecular weight excluding hydrogens is 228 g/mol. The standard InChI is InChI=1S/C13H30OSi2/c1-5-6-7-8-9-10-11-12-13-15-16(3,4)14-2/h5-13H2,1-4H3. The Kier molecular flexibility index (Phi) is 10.8. The van der Waals surface area contributed by atoms with Crippen LogP contribution in [-0.4, -0.2) is 24.0 Å². The number of hydrogen-bond acceptors (Lipinski definition) is 1. The maximum Gasteiger partial charge on any atom is 0.168 e. The molecule has 0 rings (SSSR count). The maximum absolute atomic E-state index is 5.56. The lowest BCUT2D eigenvalue weighted by Gasteiger charge is -2.18. The first-order valence-electron chi connectivity index (χ1n) is 6.92. The Morgan fingerprint density at radius 2 is 1.38 bits per heavy atom. The van der Waals surface area contributed by atoms with Crippen molar-refractivity contribution >= 4 is 16.9 Å². The van der Waals surface area contributed by atoms with Gasteiger partial charge in [0.1, 0.15) is 0 Å². The topological polar surface area (TPSA) is 9.23 Å². The van der Waals surface area contributed by atoms with Gasteiger partial charge in [0.05, 0.1) is 9.04 Å². The van der Waals surface area contributed by atoms with Crippen LogP contribution in [0.25, 0.3) is 0 Å². The first-order chi connectivity index (χ1) is 7.62. The van der Waals surface area contributed by atoms with Crippen LogP contribution in [0.15, 0.2) is 0 Å². The van der Waals surface area contributed by atoms with Gasteiger partial charge in [0.15, 0.2) is 7.83 Å². The van der Waals surface area contributed by atoms with Crippen LogP contribution in [-0.2, 0) is 4.43 Å². The monoisotopic (exact) mass is 258 g/mol. The Morgan fingerprint density at radius 1 is 0.875 bits per heavy atom. The fraction of sp³-hybridized carbons (Fsp3) is 1.00. The summed E-state index contributed by atoms with van der Waals surface area (Å²) in [7, 11) is 1.73. The molecule has 3 heteroatoms. The summed E-state index contributed by atoms with van der Waals surface area (Å²) in [5.74, 6) is 0. The van der Waals surface area contributed by atoms with Crippen LogP contribution in [0.4, 0.5) is 0 Å². The highest BCUT2D eigenvalue weighted by Gasteiger charge is 2.19. The SMILES string of the molecule is CCCCCCCCCC[Si][Si](C)(C)OC. The van der Waals surface area contributed by atoms with Crippen molar-refractivity contribution in [3.8, 4) is 0 Å². The van der Waals surface area contributed by atoms with Crippen LogP contribution < -0.4 is 0 Å². The minimum absolute atomic E-state index is 1.09. The van der Waals surface area contributed by atoms with Crippen LogP contribution in [0.5, 0.6) is 0 Å². The summed E-state index contributed by atoms with van der Waals surface area (Å²) in [5, 5.41) is 0. The van der Waals surface area contributed by atoms with Gasteiger partial charge >= 0.3 is 0 Å². The van der Waals surface area contributed by atoms with E-state index in [4.69, 9.17) is 4.43 Å². The van der Waals surface area contributed by atoms with E-state index >= 15 is 0 Å². The molecular formula is C13H30OSi2. The second-order valence-electron chi connectivity index (χ2n) is 5.12. The van der Waals surface area contributed by atoms with Crippen molar-refractivity contribution in [2.75, 3.05) is 7.11 Å². The van der Waals surface area contributed by atoms with Gasteiger partial charge in [-0.05, 0) is 13.1 Å². The Bertz CT molecular complexity index is 149. The normalized spacial score (nSPS) is 12.0. The maximum atomic E-state index is 5.56. The van der Waals surface area contributed by atoms with Gasteiger partial charge in [0.2, 0.25) is 0 Å². The molecule has 0 N–H and O–H groups in total. The lowest BCUT2D eigenvalue weighted by molar-refractivity contribution is 0.421. The van der Waals surface area contributed by atoms with Crippen molar-refractivity contribution in [3.63, 3.8) is 0 Å². The van der Waals surface area contributed by atoms with E-state index in [2.05, 4.69) is 20.0 Å². The molecule has 2 radical (unpaired) electrons. The van der Waals surface area contributed by atoms with Gasteiger partial charge in [-0.3, -0.25) is 0 Å². The molecule has 0 fully saturated rings. The third kappa shape index (κ3) is 10.9. The minimum Gasteiger partial charge on any atom is -0.424 e. The molecule has 16 heavy (non-hydrogen) atoms. The van der Waals surface area contributed by atoms with E-state index in [1.54, 1.807) is 0 Å². The van der Waals surface area contributed by atoms with Crippen LogP contribution in [0.2, 0.25) is 19.1 Å². The lowest BCUT2D eigenvalue weighted by Crippen LogP contribution is -2.36. The van der Waals surface area contributed by atoms with Crippen LogP contribution in [0.1, 0.15) is 58.3 Å². The zero-order valence-electron chi connectivity index (χ0n) is 11.8. The molecule has 0 bridgehead atoms. The molecule has 1 nitrogen and oxygen atoms in total. The third-order valence-corrected chi connectivity index (χ3v) is 9.48. The minimum atomic E-state index is -1.24. The summed E-state index contributed by atoms with van der Waals surface area (Å²) in [6.45, 7) is 6.94. The molecule has 0 spiro atoms. The molecule has 0 amide bonds. The third-order valence-electron chi connectivity index (χ3n) is 3.09. The van der Waals surface area contributed by atoms with E-state index in [0.717, 1.165) is 9.04 Å². The van der Waals surface area contributed by atoms with Crippen LogP contribution in [0.3, 0.4) is 0 Å². The molecule has 0 aliphatic rings. The van der Waals surface area contributed by atoms with Crippen LogP contribution >= 0.6 is 0 Å². The van der Waals surface area contributed by atoms with Crippen molar-refractivity contribution in [2.45, 2.75) is 77.4 Å². The predicted octanol–water partition coefficient (Wildman–Crippen LogP) is 4.60. The molecule has 0 heterocycles. The molecule has 0 saturated heterocycles. The second-order valence-corrected chi connectivity index (χ2v) is 14.1. The van der Waals surface area contributed by atoms with E-state index < -0.39 is 7.83 Å². The molecule has 0 aromatic carbocycles. The van der Waals surface area contributed by atoms with Gasteiger partial charge in [-0.25, -0.2) is 0 Å². The average Bonchev–Trinajstić information content (AvgIpc) is 2.27. The Balaban J connectivity index is 3.10. The molecule has 0 atom stereocenters. The van der Waals surface area contributed by atoms with E-state index in [1.807, 2.05) is 7.11 Å². The first-order valence-corrected chi connectivity index (χ1v) is 12.0. The zero-order valence-corrected chi connectivity index (χ0v) is 13.8. The van der Waals surface area contributed by atoms with Crippen molar-refractivity contribution in [2.24, 2.45) is 0 Å². The lowest BCUT2D eigenvalue weighted by atomic mass is 10.1. The Labute approximate surface area is 106 Å². The van der Waals surface area contributed by atoms with E-state index in [-0.39, 0.29) is 0 Å². The molecule has 96 valence electrons. The number of hydrogen-bond donors (Lipinski definition) is 0. The predicted molar refractivity (Wildman–Crippen MR) is 77.7 cm³/mol. The highest BCUT2D eigenvalue weighted by Crippen LogP contribution is 2.11. The summed E-state index contributed by atoms with van der Waals surface area (Å²) in [6, 6.07) is 1.40. The van der Waals surface area contributed by atoms with Crippen molar-refractivity contribution in [1.29, 1.82) is 0 Å². The first kappa shape index (κ1) is 16.4. The summed E-state index contributed by atoms with van der Waals surface area (Å²) < 4.78 is 5.56. The summed E-state index contributed by atoms with van der Waals surface area (Å²) in [6.07, 6.45) is 11.4. The van der Waals surface area contributed by atoms with Gasteiger partial charge < -0.3 is 4.43 Å². The Hall–Kier alpha value is 0.394. The number of unbranched alkanes of at least 4 members (excludes halogenated alkanes) is 7. The van der Waals surface area contributed by atoms with Gasteiger partial charge in [0, 0.05) is 7.11 Å². The highest BCUT2D eigenvalue weighted by atomic mass is 29.2. The largest absolute Gasteiger partial charge is 0.424 e.